The van der Waals surface area contributed by atoms with Crippen LogP contribution in [0.15, 0.2) is 12.1 Å². The first-order valence-corrected chi connectivity index (χ1v) is 10.3. The third-order valence-electron chi connectivity index (χ3n) is 7.05. The topological polar surface area (TPSA) is 58.9 Å². The number of aliphatic hydroxyl groups is 2. The molecule has 4 heteroatoms. The van der Waals surface area contributed by atoms with Crippen LogP contribution in [0.3, 0.4) is 0 Å². The Bertz CT molecular complexity index is 683. The minimum atomic E-state index is -0.968. The van der Waals surface area contributed by atoms with Crippen LogP contribution in [0.1, 0.15) is 70.4 Å². The molecule has 0 spiro atoms. The quantitative estimate of drug-likeness (QED) is 0.799. The number of aliphatic hydroxyl groups excluding tert-OH is 1. The summed E-state index contributed by atoms with van der Waals surface area (Å²) in [7, 11) is 1.71. The van der Waals surface area contributed by atoms with Crippen molar-refractivity contribution in [2.45, 2.75) is 83.8 Å². The Kier molecular flexibility index (Phi) is 5.53. The molecule has 1 aliphatic heterocycles. The summed E-state index contributed by atoms with van der Waals surface area (Å²) in [4.78, 5) is 0. The van der Waals surface area contributed by atoms with E-state index in [2.05, 4.69) is 39.8 Å². The molecular formula is C23H36O4. The van der Waals surface area contributed by atoms with E-state index in [-0.39, 0.29) is 23.5 Å². The van der Waals surface area contributed by atoms with Crippen molar-refractivity contribution in [3.63, 3.8) is 0 Å². The van der Waals surface area contributed by atoms with E-state index < -0.39 is 5.60 Å². The second-order valence-electron chi connectivity index (χ2n) is 9.69. The number of fused-ring (bicyclic) bond motifs is 1. The highest BCUT2D eigenvalue weighted by molar-refractivity contribution is 5.49. The molecule has 4 nitrogen and oxygen atoms in total. The van der Waals surface area contributed by atoms with Crippen molar-refractivity contribution in [2.75, 3.05) is 13.7 Å². The van der Waals surface area contributed by atoms with Crippen LogP contribution < -0.4 is 9.47 Å². The second-order valence-corrected chi connectivity index (χ2v) is 9.69. The number of methoxy groups -OCH3 is 1. The normalized spacial score (nSPS) is 32.5. The Balaban J connectivity index is 1.77. The van der Waals surface area contributed by atoms with Gasteiger partial charge in [-0.25, -0.2) is 0 Å². The maximum Gasteiger partial charge on any atom is 0.127 e. The maximum absolute atomic E-state index is 11.0. The first kappa shape index (κ1) is 20.5. The van der Waals surface area contributed by atoms with E-state index in [0.717, 1.165) is 61.2 Å². The minimum Gasteiger partial charge on any atom is -0.496 e. The molecule has 152 valence electrons. The van der Waals surface area contributed by atoms with Crippen molar-refractivity contribution >= 4 is 0 Å². The monoisotopic (exact) mass is 376 g/mol. The van der Waals surface area contributed by atoms with Crippen LogP contribution in [0.2, 0.25) is 0 Å². The van der Waals surface area contributed by atoms with Crippen molar-refractivity contribution in [1.82, 2.24) is 0 Å². The number of ether oxygens (including phenoxy) is 2. The van der Waals surface area contributed by atoms with Gasteiger partial charge in [0, 0.05) is 5.56 Å². The summed E-state index contributed by atoms with van der Waals surface area (Å²) in [5.74, 6) is 1.92. The van der Waals surface area contributed by atoms with E-state index in [9.17, 15) is 10.2 Å². The predicted octanol–water partition coefficient (Wildman–Crippen LogP) is 4.42. The van der Waals surface area contributed by atoms with Gasteiger partial charge in [-0.2, -0.15) is 0 Å². The van der Waals surface area contributed by atoms with E-state index in [1.165, 1.54) is 0 Å². The average Bonchev–Trinajstić information content (AvgIpc) is 2.59. The van der Waals surface area contributed by atoms with Gasteiger partial charge in [-0.1, -0.05) is 13.8 Å². The Morgan fingerprint density at radius 3 is 2.59 bits per heavy atom. The molecule has 0 bridgehead atoms. The molecule has 1 aromatic carbocycles. The molecule has 0 saturated heterocycles. The van der Waals surface area contributed by atoms with Gasteiger partial charge < -0.3 is 19.7 Å². The summed E-state index contributed by atoms with van der Waals surface area (Å²) in [6.07, 6.45) is 6.36. The standard InChI is InChI=1S/C23H36O4/c1-16-13-18(26-5)17-7-11-22(4,27-19(17)14-16)12-8-20-21(2,3)9-6-10-23(20,25)15-24/h13-14,20,24-25H,6-12,15H2,1-5H3/t20-,22+,23+/m0/s1. The highest BCUT2D eigenvalue weighted by Gasteiger charge is 2.48. The van der Waals surface area contributed by atoms with Gasteiger partial charge in [0.2, 0.25) is 0 Å². The van der Waals surface area contributed by atoms with Gasteiger partial charge in [-0.3, -0.25) is 0 Å². The molecule has 1 saturated carbocycles. The molecule has 27 heavy (non-hydrogen) atoms. The van der Waals surface area contributed by atoms with Crippen molar-refractivity contribution in [3.05, 3.63) is 23.3 Å². The zero-order valence-corrected chi connectivity index (χ0v) is 17.6. The number of rotatable bonds is 5. The molecule has 1 aliphatic carbocycles. The van der Waals surface area contributed by atoms with Crippen molar-refractivity contribution in [1.29, 1.82) is 0 Å². The van der Waals surface area contributed by atoms with Crippen LogP contribution in [-0.2, 0) is 6.42 Å². The molecule has 0 unspecified atom stereocenters. The Morgan fingerprint density at radius 1 is 1.19 bits per heavy atom. The maximum atomic E-state index is 11.0. The third-order valence-corrected chi connectivity index (χ3v) is 7.05. The Hall–Kier alpha value is -1.26. The van der Waals surface area contributed by atoms with Crippen LogP contribution in [0, 0.1) is 18.3 Å². The van der Waals surface area contributed by atoms with Crippen molar-refractivity contribution < 1.29 is 19.7 Å². The Labute approximate surface area is 163 Å². The van der Waals surface area contributed by atoms with Crippen LogP contribution >= 0.6 is 0 Å². The molecule has 0 aromatic heterocycles. The van der Waals surface area contributed by atoms with E-state index in [0.29, 0.717) is 6.42 Å². The summed E-state index contributed by atoms with van der Waals surface area (Å²) in [5.41, 5.74) is 1.10. The summed E-state index contributed by atoms with van der Waals surface area (Å²) in [5, 5.41) is 20.9. The van der Waals surface area contributed by atoms with E-state index in [1.807, 2.05) is 0 Å². The number of benzene rings is 1. The molecule has 3 atom stereocenters. The van der Waals surface area contributed by atoms with Crippen LogP contribution in [0.25, 0.3) is 0 Å². The van der Waals surface area contributed by atoms with Crippen LogP contribution in [0.4, 0.5) is 0 Å². The van der Waals surface area contributed by atoms with Gasteiger partial charge in [0.1, 0.15) is 17.1 Å². The van der Waals surface area contributed by atoms with Gasteiger partial charge >= 0.3 is 0 Å². The average molecular weight is 377 g/mol. The first-order valence-electron chi connectivity index (χ1n) is 10.3. The molecule has 3 rings (SSSR count). The lowest BCUT2D eigenvalue weighted by Crippen LogP contribution is -2.52. The molecule has 1 aromatic rings. The van der Waals surface area contributed by atoms with Crippen LogP contribution in [0.5, 0.6) is 11.5 Å². The predicted molar refractivity (Wildman–Crippen MR) is 107 cm³/mol. The molecule has 2 N–H and O–H groups in total. The lowest BCUT2D eigenvalue weighted by molar-refractivity contribution is -0.136. The lowest BCUT2D eigenvalue weighted by atomic mass is 9.59. The highest BCUT2D eigenvalue weighted by atomic mass is 16.5. The fraction of sp³-hybridized carbons (Fsp3) is 0.739. The Morgan fingerprint density at radius 2 is 1.93 bits per heavy atom. The van der Waals surface area contributed by atoms with E-state index >= 15 is 0 Å². The summed E-state index contributed by atoms with van der Waals surface area (Å²) in [6, 6.07) is 4.17. The van der Waals surface area contributed by atoms with Crippen molar-refractivity contribution in [3.8, 4) is 11.5 Å². The van der Waals surface area contributed by atoms with Gasteiger partial charge in [0.25, 0.3) is 0 Å². The largest absolute Gasteiger partial charge is 0.496 e. The highest BCUT2D eigenvalue weighted by Crippen LogP contribution is 2.50. The zero-order valence-electron chi connectivity index (χ0n) is 17.6. The SMILES string of the molecule is COc1cc(C)cc2c1CC[C@](C)(CC[C@H]1C(C)(C)CCC[C@@]1(O)CO)O2. The molecular weight excluding hydrogens is 340 g/mol. The number of hydrogen-bond acceptors (Lipinski definition) is 4. The molecule has 0 amide bonds. The smallest absolute Gasteiger partial charge is 0.127 e. The fourth-order valence-corrected chi connectivity index (χ4v) is 5.38. The van der Waals surface area contributed by atoms with Crippen molar-refractivity contribution in [2.24, 2.45) is 11.3 Å². The fourth-order valence-electron chi connectivity index (χ4n) is 5.38. The zero-order chi connectivity index (χ0) is 19.9. The van der Waals surface area contributed by atoms with Crippen LogP contribution in [-0.4, -0.2) is 35.1 Å². The summed E-state index contributed by atoms with van der Waals surface area (Å²) < 4.78 is 12.0. The minimum absolute atomic E-state index is 0.0263. The van der Waals surface area contributed by atoms with Gasteiger partial charge in [-0.05, 0) is 87.8 Å². The van der Waals surface area contributed by atoms with E-state index in [1.54, 1.807) is 7.11 Å². The first-order chi connectivity index (χ1) is 12.6. The van der Waals surface area contributed by atoms with Gasteiger partial charge in [0.05, 0.1) is 19.3 Å². The van der Waals surface area contributed by atoms with Gasteiger partial charge in [-0.15, -0.1) is 0 Å². The summed E-state index contributed by atoms with van der Waals surface area (Å²) >= 11 is 0. The second kappa shape index (κ2) is 7.29. The lowest BCUT2D eigenvalue weighted by Gasteiger charge is -2.50. The molecule has 2 aliphatic rings. The third kappa shape index (κ3) is 3.97. The van der Waals surface area contributed by atoms with Gasteiger partial charge in [0.15, 0.2) is 0 Å². The molecule has 1 fully saturated rings. The molecule has 0 radical (unpaired) electrons. The number of hydrogen-bond donors (Lipinski definition) is 2. The number of aryl methyl sites for hydroxylation is 1. The molecule has 1 heterocycles. The van der Waals surface area contributed by atoms with E-state index in [4.69, 9.17) is 9.47 Å². The summed E-state index contributed by atoms with van der Waals surface area (Å²) in [6.45, 7) is 8.54.